The summed E-state index contributed by atoms with van der Waals surface area (Å²) < 4.78 is 28.2. The van der Waals surface area contributed by atoms with E-state index in [4.69, 9.17) is 0 Å². The number of nitrogens with one attached hydrogen (secondary N) is 1. The van der Waals surface area contributed by atoms with Crippen LogP contribution in [0.5, 0.6) is 0 Å². The fourth-order valence-corrected chi connectivity index (χ4v) is 3.72. The number of carboxylic acid groups (broad SMARTS) is 1. The van der Waals surface area contributed by atoms with E-state index in [1.54, 1.807) is 24.3 Å². The first-order valence-corrected chi connectivity index (χ1v) is 10.8. The Hall–Kier alpha value is -4.51. The number of hydrogen-bond acceptors (Lipinski definition) is 6. The van der Waals surface area contributed by atoms with Crippen LogP contribution in [0.3, 0.4) is 0 Å². The van der Waals surface area contributed by atoms with E-state index >= 15 is 0 Å². The Morgan fingerprint density at radius 3 is 2.44 bits per heavy atom. The van der Waals surface area contributed by atoms with E-state index in [-0.39, 0.29) is 24.2 Å². The minimum atomic E-state index is -1.43. The van der Waals surface area contributed by atoms with E-state index in [1.165, 1.54) is 30.3 Å². The van der Waals surface area contributed by atoms with Gasteiger partial charge in [0, 0.05) is 12.2 Å². The zero-order chi connectivity index (χ0) is 25.8. The Labute approximate surface area is 202 Å². The summed E-state index contributed by atoms with van der Waals surface area (Å²) >= 11 is 0. The Kier molecular flexibility index (Phi) is 7.11. The number of carboxylic acids is 1. The molecule has 0 aliphatic heterocycles. The predicted octanol–water partition coefficient (Wildman–Crippen LogP) is 3.15. The standard InChI is InChI=1S/C25H20F2N4O5/c26-19-6-3-5-17(21(19)27)23(33)28-15-10-8-14(9-11-15)22(32)18(25(35)36)12-13-31-24(34)16-4-1-2-7-20(16)29-30-31/h1-11,18,22,32H,12-13H2,(H,28,33)(H,35,36)/t18-,22+/m0/s1. The van der Waals surface area contributed by atoms with Crippen molar-refractivity contribution in [2.75, 3.05) is 5.32 Å². The number of aromatic nitrogens is 3. The molecule has 4 aromatic rings. The van der Waals surface area contributed by atoms with Gasteiger partial charge in [0.1, 0.15) is 5.52 Å². The third-order valence-corrected chi connectivity index (χ3v) is 5.69. The number of benzene rings is 3. The lowest BCUT2D eigenvalue weighted by atomic mass is 9.92. The second-order valence-corrected chi connectivity index (χ2v) is 7.99. The van der Waals surface area contributed by atoms with E-state index in [1.807, 2.05) is 0 Å². The summed E-state index contributed by atoms with van der Waals surface area (Å²) in [7, 11) is 0. The maximum Gasteiger partial charge on any atom is 0.309 e. The van der Waals surface area contributed by atoms with Gasteiger partial charge >= 0.3 is 5.97 Å². The van der Waals surface area contributed by atoms with Crippen LogP contribution in [-0.2, 0) is 11.3 Å². The van der Waals surface area contributed by atoms with Crippen LogP contribution in [0.15, 0.2) is 71.5 Å². The van der Waals surface area contributed by atoms with Crippen LogP contribution >= 0.6 is 0 Å². The van der Waals surface area contributed by atoms with Crippen LogP contribution in [0.2, 0.25) is 0 Å². The van der Waals surface area contributed by atoms with Gasteiger partial charge < -0.3 is 15.5 Å². The van der Waals surface area contributed by atoms with Gasteiger partial charge in [-0.15, -0.1) is 5.10 Å². The van der Waals surface area contributed by atoms with Gasteiger partial charge in [0.15, 0.2) is 11.6 Å². The molecule has 0 saturated carbocycles. The Balaban J connectivity index is 1.46. The van der Waals surface area contributed by atoms with Crippen LogP contribution in [-0.4, -0.2) is 37.1 Å². The number of nitrogens with zero attached hydrogens (tertiary/aromatic N) is 3. The van der Waals surface area contributed by atoms with Gasteiger partial charge in [0.2, 0.25) is 0 Å². The third-order valence-electron chi connectivity index (χ3n) is 5.69. The summed E-state index contributed by atoms with van der Waals surface area (Å²) in [6.45, 7) is -0.0853. The third kappa shape index (κ3) is 5.10. The molecule has 0 bridgehead atoms. The molecule has 184 valence electrons. The highest BCUT2D eigenvalue weighted by atomic mass is 19.2. The number of aliphatic carboxylic acids is 1. The van der Waals surface area contributed by atoms with Crippen molar-refractivity contribution in [1.82, 2.24) is 15.0 Å². The summed E-state index contributed by atoms with van der Waals surface area (Å²) in [5.74, 6) is -5.85. The second-order valence-electron chi connectivity index (χ2n) is 7.99. The smallest absolute Gasteiger partial charge is 0.309 e. The summed E-state index contributed by atoms with van der Waals surface area (Å²) in [5, 5.41) is 30.9. The van der Waals surface area contributed by atoms with Crippen molar-refractivity contribution in [3.8, 4) is 0 Å². The number of anilines is 1. The molecule has 1 aromatic heterocycles. The lowest BCUT2D eigenvalue weighted by molar-refractivity contribution is -0.146. The Morgan fingerprint density at radius 1 is 1.00 bits per heavy atom. The van der Waals surface area contributed by atoms with Gasteiger partial charge in [0.05, 0.1) is 23.0 Å². The molecule has 2 atom stereocenters. The number of aliphatic hydroxyl groups is 1. The number of halogens is 2. The molecule has 3 N–H and O–H groups in total. The number of aryl methyl sites for hydroxylation is 1. The fourth-order valence-electron chi connectivity index (χ4n) is 3.72. The lowest BCUT2D eigenvalue weighted by Crippen LogP contribution is -2.29. The topological polar surface area (TPSA) is 134 Å². The molecule has 1 heterocycles. The van der Waals surface area contributed by atoms with Crippen molar-refractivity contribution < 1.29 is 28.6 Å². The molecule has 11 heteroatoms. The number of amides is 1. The van der Waals surface area contributed by atoms with E-state index in [0.29, 0.717) is 10.9 Å². The summed E-state index contributed by atoms with van der Waals surface area (Å²) in [6, 6.07) is 15.5. The monoisotopic (exact) mass is 494 g/mol. The first-order valence-electron chi connectivity index (χ1n) is 10.8. The van der Waals surface area contributed by atoms with Crippen molar-refractivity contribution in [2.45, 2.75) is 19.1 Å². The molecule has 0 aliphatic rings. The quantitative estimate of drug-likeness (QED) is 0.343. The van der Waals surface area contributed by atoms with Crippen molar-refractivity contribution >= 4 is 28.5 Å². The predicted molar refractivity (Wildman–Crippen MR) is 125 cm³/mol. The van der Waals surface area contributed by atoms with Gasteiger partial charge in [0.25, 0.3) is 11.5 Å². The maximum absolute atomic E-state index is 13.8. The van der Waals surface area contributed by atoms with Crippen molar-refractivity contribution in [3.05, 3.63) is 99.8 Å². The molecule has 9 nitrogen and oxygen atoms in total. The van der Waals surface area contributed by atoms with Gasteiger partial charge in [-0.1, -0.05) is 35.5 Å². The average Bonchev–Trinajstić information content (AvgIpc) is 2.87. The highest BCUT2D eigenvalue weighted by molar-refractivity contribution is 6.04. The van der Waals surface area contributed by atoms with Crippen molar-refractivity contribution in [2.24, 2.45) is 5.92 Å². The van der Waals surface area contributed by atoms with E-state index in [2.05, 4.69) is 15.6 Å². The number of fused-ring (bicyclic) bond motifs is 1. The van der Waals surface area contributed by atoms with Gasteiger partial charge in [-0.05, 0) is 48.4 Å². The highest BCUT2D eigenvalue weighted by Gasteiger charge is 2.28. The Morgan fingerprint density at radius 2 is 1.72 bits per heavy atom. The number of aliphatic hydroxyl groups excluding tert-OH is 1. The first kappa shape index (κ1) is 24.6. The fraction of sp³-hybridized carbons (Fsp3) is 0.160. The van der Waals surface area contributed by atoms with E-state index in [0.717, 1.165) is 16.8 Å². The molecular formula is C25H20F2N4O5. The Bertz CT molecular complexity index is 1490. The molecule has 0 fully saturated rings. The van der Waals surface area contributed by atoms with Crippen LogP contribution < -0.4 is 10.9 Å². The number of carbonyl (C=O) groups is 2. The van der Waals surface area contributed by atoms with Gasteiger partial charge in [-0.25, -0.2) is 13.5 Å². The minimum absolute atomic E-state index is 0.0853. The molecule has 4 rings (SSSR count). The van der Waals surface area contributed by atoms with Crippen LogP contribution in [0, 0.1) is 17.6 Å². The van der Waals surface area contributed by atoms with E-state index < -0.39 is 46.7 Å². The summed E-state index contributed by atoms with van der Waals surface area (Å²) in [4.78, 5) is 36.7. The zero-order valence-electron chi connectivity index (χ0n) is 18.6. The SMILES string of the molecule is O=C(Nc1ccc([C@@H](O)[C@H](CCn2nnc3ccccc3c2=O)C(=O)O)cc1)c1cccc(F)c1F. The first-order chi connectivity index (χ1) is 17.3. The highest BCUT2D eigenvalue weighted by Crippen LogP contribution is 2.27. The lowest BCUT2D eigenvalue weighted by Gasteiger charge is -2.20. The summed E-state index contributed by atoms with van der Waals surface area (Å²) in [6.07, 6.45) is -1.54. The second kappa shape index (κ2) is 10.4. The van der Waals surface area contributed by atoms with Crippen molar-refractivity contribution in [3.63, 3.8) is 0 Å². The van der Waals surface area contributed by atoms with Crippen LogP contribution in [0.25, 0.3) is 10.9 Å². The van der Waals surface area contributed by atoms with Gasteiger partial charge in [-0.2, -0.15) is 0 Å². The molecular weight excluding hydrogens is 474 g/mol. The molecule has 1 amide bonds. The number of carbonyl (C=O) groups excluding carboxylic acids is 1. The molecule has 0 radical (unpaired) electrons. The molecule has 0 spiro atoms. The summed E-state index contributed by atoms with van der Waals surface area (Å²) in [5.41, 5.74) is -0.00853. The average molecular weight is 494 g/mol. The molecule has 3 aromatic carbocycles. The number of hydrogen-bond donors (Lipinski definition) is 3. The minimum Gasteiger partial charge on any atom is -0.481 e. The zero-order valence-corrected chi connectivity index (χ0v) is 18.6. The van der Waals surface area contributed by atoms with E-state index in [9.17, 15) is 33.4 Å². The number of rotatable bonds is 8. The van der Waals surface area contributed by atoms with Crippen LogP contribution in [0.1, 0.15) is 28.4 Å². The molecule has 0 unspecified atom stereocenters. The largest absolute Gasteiger partial charge is 0.481 e. The van der Waals surface area contributed by atoms with Crippen LogP contribution in [0.4, 0.5) is 14.5 Å². The normalized spacial score (nSPS) is 12.8. The van der Waals surface area contributed by atoms with Gasteiger partial charge in [-0.3, -0.25) is 14.4 Å². The molecule has 0 saturated heterocycles. The molecule has 0 aliphatic carbocycles. The van der Waals surface area contributed by atoms with Crippen molar-refractivity contribution in [1.29, 1.82) is 0 Å². The molecule has 36 heavy (non-hydrogen) atoms. The maximum atomic E-state index is 13.8.